The molecule has 0 saturated carbocycles. The fourth-order valence-corrected chi connectivity index (χ4v) is 17.2. The molecule has 5 rings (SSSR count). The number of unbranched alkanes of at least 4 members (excludes halogenated alkanes) is 25. The highest BCUT2D eigenvalue weighted by Gasteiger charge is 2.63. The summed E-state index contributed by atoms with van der Waals surface area (Å²) in [4.78, 5) is 93.6. The van der Waals surface area contributed by atoms with Gasteiger partial charge in [-0.3, -0.25) is 19.2 Å². The van der Waals surface area contributed by atoms with Crippen molar-refractivity contribution in [3.05, 3.63) is 0 Å². The van der Waals surface area contributed by atoms with E-state index in [1.807, 2.05) is 0 Å². The van der Waals surface area contributed by atoms with Crippen molar-refractivity contribution in [3.8, 4) is 0 Å². The van der Waals surface area contributed by atoms with Crippen molar-refractivity contribution in [2.24, 2.45) is 5.92 Å². The van der Waals surface area contributed by atoms with Crippen molar-refractivity contribution in [2.45, 2.75) is 434 Å². The molecular weight excluding hydrogens is 1770 g/mol. The number of carboxylic acids is 3. The van der Waals surface area contributed by atoms with Gasteiger partial charge in [0, 0.05) is 26.4 Å². The van der Waals surface area contributed by atoms with Gasteiger partial charge in [0.1, 0.15) is 136 Å². The van der Waals surface area contributed by atoms with E-state index in [9.17, 15) is 156 Å². The van der Waals surface area contributed by atoms with E-state index in [1.165, 1.54) is 96.3 Å². The van der Waals surface area contributed by atoms with Crippen LogP contribution in [0, 0.1) is 5.92 Å². The van der Waals surface area contributed by atoms with E-state index in [0.29, 0.717) is 18.8 Å². The van der Waals surface area contributed by atoms with Gasteiger partial charge in [-0.2, -0.15) is 0 Å². The molecule has 5 aliphatic rings. The first-order chi connectivity index (χ1) is 63.3. The standard InChI is InChI=1S/C87H156N4O42/c1-5-7-8-9-10-11-12-13-14-15-16-17-18-19-22-26-29-32-35-51(99)79(116)88-49(66(108)50(98)34-31-28-25-23-20-21-24-27-30-33-48(3)6-2)45-124-80-72(114)71(113)74(59(43-96)128-80)129-81-73(115)78(70(112)58(42-95)127-81)133-87(84(121)122)38-54(102)64(76(132-87)68(110)56(104)40-93)91-62(107)46-125-85(82(117)118)36-52(100)63(75(130-85)67(109)55(103)39-92)90-61(106)47-126-86(83(119)120)37-53(101)65(89-60(105)44-97)77(131-86)69(111)57(41-94)123-4/h48-59,63-78,80-81,92-104,108-115H,5-47H2,1-4H3,(H,88,116)(H,89,105)(H,90,106)(H,91,107)(H,117,118)(H,119,120)(H,121,122). The van der Waals surface area contributed by atoms with E-state index in [1.54, 1.807) is 0 Å². The van der Waals surface area contributed by atoms with Crippen LogP contribution in [-0.4, -0.2) is 425 Å². The lowest BCUT2D eigenvalue weighted by Crippen LogP contribution is -2.71. The van der Waals surface area contributed by atoms with Crippen molar-refractivity contribution < 1.29 is 208 Å². The summed E-state index contributed by atoms with van der Waals surface area (Å²) in [6, 6.07) is -7.65. The van der Waals surface area contributed by atoms with Crippen LogP contribution < -0.4 is 21.3 Å². The van der Waals surface area contributed by atoms with Crippen LogP contribution >= 0.6 is 0 Å². The molecule has 33 atom stereocenters. The predicted octanol–water partition coefficient (Wildman–Crippen LogP) is -4.94. The van der Waals surface area contributed by atoms with Gasteiger partial charge in [-0.25, -0.2) is 14.4 Å². The van der Waals surface area contributed by atoms with E-state index in [4.69, 9.17) is 52.1 Å². The van der Waals surface area contributed by atoms with Crippen molar-refractivity contribution in [1.82, 2.24) is 21.3 Å². The molecule has 5 saturated heterocycles. The average molecular weight is 1930 g/mol. The molecule has 4 amide bonds. The fourth-order valence-electron chi connectivity index (χ4n) is 17.2. The largest absolute Gasteiger partial charge is 0.477 e. The molecule has 0 aromatic heterocycles. The van der Waals surface area contributed by atoms with Crippen molar-refractivity contribution in [3.63, 3.8) is 0 Å². The lowest BCUT2D eigenvalue weighted by atomic mass is 9.88. The van der Waals surface area contributed by atoms with Crippen molar-refractivity contribution in [2.75, 3.05) is 66.6 Å². The first-order valence-electron chi connectivity index (χ1n) is 47.1. The first kappa shape index (κ1) is 118. The van der Waals surface area contributed by atoms with Gasteiger partial charge < -0.3 is 196 Å². The number of ether oxygens (including phenoxy) is 11. The number of rotatable bonds is 68. The van der Waals surface area contributed by atoms with Crippen LogP contribution in [0.1, 0.15) is 239 Å². The van der Waals surface area contributed by atoms with E-state index < -0.39 is 315 Å². The molecule has 0 spiro atoms. The molecule has 5 fully saturated rings. The zero-order chi connectivity index (χ0) is 98.9. The summed E-state index contributed by atoms with van der Waals surface area (Å²) < 4.78 is 61.8. The quantitative estimate of drug-likeness (QED) is 0.0254. The molecule has 0 aromatic rings. The van der Waals surface area contributed by atoms with Crippen LogP contribution in [0.4, 0.5) is 0 Å². The molecule has 5 heterocycles. The molecular formula is C87H156N4O42. The smallest absolute Gasteiger partial charge is 0.364 e. The predicted molar refractivity (Wildman–Crippen MR) is 459 cm³/mol. The van der Waals surface area contributed by atoms with Crippen LogP contribution in [0.3, 0.4) is 0 Å². The molecule has 0 aromatic carbocycles. The van der Waals surface area contributed by atoms with Gasteiger partial charge in [0.05, 0.1) is 88.2 Å². The average Bonchev–Trinajstić information content (AvgIpc) is 0.766. The molecule has 0 radical (unpaired) electrons. The minimum Gasteiger partial charge on any atom is -0.477 e. The van der Waals surface area contributed by atoms with Gasteiger partial charge in [-0.1, -0.05) is 207 Å². The Bertz CT molecular complexity index is 3310. The van der Waals surface area contributed by atoms with Gasteiger partial charge in [-0.15, -0.1) is 0 Å². The van der Waals surface area contributed by atoms with Gasteiger partial charge in [0.2, 0.25) is 23.6 Å². The Kier molecular flexibility index (Phi) is 54.2. The highest BCUT2D eigenvalue weighted by molar-refractivity contribution is 5.82. The normalized spacial score (nSPS) is 31.7. The number of nitrogens with one attached hydrogen (secondary N) is 4. The van der Waals surface area contributed by atoms with Crippen LogP contribution in [-0.2, 0) is 85.7 Å². The third-order valence-corrected chi connectivity index (χ3v) is 25.6. The molecule has 46 nitrogen and oxygen atoms in total. The summed E-state index contributed by atoms with van der Waals surface area (Å²) >= 11 is 0. The van der Waals surface area contributed by atoms with Crippen LogP contribution in [0.2, 0.25) is 0 Å². The highest BCUT2D eigenvalue weighted by Crippen LogP contribution is 2.41. The summed E-state index contributed by atoms with van der Waals surface area (Å²) in [6.45, 7) is -4.40. The Morgan fingerprint density at radius 2 is 0.820 bits per heavy atom. The van der Waals surface area contributed by atoms with Crippen molar-refractivity contribution in [1.29, 1.82) is 0 Å². The van der Waals surface area contributed by atoms with Crippen molar-refractivity contribution >= 4 is 41.5 Å². The number of hydrogen-bond donors (Lipinski definition) is 28. The van der Waals surface area contributed by atoms with Gasteiger partial charge in [0.25, 0.3) is 17.4 Å². The third-order valence-electron chi connectivity index (χ3n) is 25.6. The van der Waals surface area contributed by atoms with Crippen LogP contribution in [0.25, 0.3) is 0 Å². The second-order valence-corrected chi connectivity index (χ2v) is 35.9. The Morgan fingerprint density at radius 3 is 1.22 bits per heavy atom. The number of aliphatic hydroxyl groups excluding tert-OH is 21. The monoisotopic (exact) mass is 1930 g/mol. The molecule has 0 bridgehead atoms. The fraction of sp³-hybridized carbons (Fsp3) is 0.920. The van der Waals surface area contributed by atoms with E-state index in [-0.39, 0.29) is 12.8 Å². The van der Waals surface area contributed by atoms with E-state index in [0.717, 1.165) is 84.2 Å². The molecule has 46 heteroatoms. The lowest BCUT2D eigenvalue weighted by molar-refractivity contribution is -0.386. The topological polar surface area (TPSA) is 755 Å². The minimum absolute atomic E-state index is 0.0574. The Balaban J connectivity index is 1.28. The van der Waals surface area contributed by atoms with Crippen LogP contribution in [0.15, 0.2) is 0 Å². The molecule has 5 aliphatic heterocycles. The molecule has 133 heavy (non-hydrogen) atoms. The number of hydrogen-bond acceptors (Lipinski definition) is 39. The minimum atomic E-state index is -3.51. The Labute approximate surface area is 774 Å². The Hall–Kier alpha value is -4.99. The lowest BCUT2D eigenvalue weighted by Gasteiger charge is -2.50. The first-order valence-corrected chi connectivity index (χ1v) is 47.1. The van der Waals surface area contributed by atoms with Gasteiger partial charge in [0.15, 0.2) is 12.6 Å². The number of carbonyl (C=O) groups excluding carboxylic acids is 4. The number of methoxy groups -OCH3 is 1. The second-order valence-electron chi connectivity index (χ2n) is 35.9. The van der Waals surface area contributed by atoms with Gasteiger partial charge >= 0.3 is 17.9 Å². The molecule has 28 N–H and O–H groups in total. The number of carbonyl (C=O) groups is 7. The van der Waals surface area contributed by atoms with E-state index in [2.05, 4.69) is 42.0 Å². The zero-order valence-corrected chi connectivity index (χ0v) is 76.8. The molecule has 0 aliphatic carbocycles. The maximum atomic E-state index is 14.1. The number of aliphatic carboxylic acids is 3. The maximum Gasteiger partial charge on any atom is 0.364 e. The van der Waals surface area contributed by atoms with Crippen LogP contribution in [0.5, 0.6) is 0 Å². The SMILES string of the molecule is CCCCCCCCCCCCCCCCCCCCC(O)C(=O)NC(COC1OC(CO)C(OC2OC(CO)C(O)C(OC3(C(=O)O)CC(O)C(NC(=O)COC4(C(=O)O)CC(O)C(NC(=O)COC5(C(=O)O)CC(O)C(NC(=O)CO)C(C(O)C(CO)OC)O5)C(C(O)C(O)CO)O4)C(C(O)C(O)CO)O3)C2O)C(O)C1O)C(O)C(O)CCCCCCCCCCCC(C)CC. The van der Waals surface area contributed by atoms with E-state index >= 15 is 0 Å². The second kappa shape index (κ2) is 60.9. The number of aliphatic hydroxyl groups is 21. The summed E-state index contributed by atoms with van der Waals surface area (Å²) in [5.74, 6) is -21.1. The summed E-state index contributed by atoms with van der Waals surface area (Å²) in [7, 11) is 1.00. The third kappa shape index (κ3) is 35.9. The zero-order valence-electron chi connectivity index (χ0n) is 76.8. The highest BCUT2D eigenvalue weighted by atomic mass is 16.8. The Morgan fingerprint density at radius 1 is 0.429 bits per heavy atom. The summed E-state index contributed by atoms with van der Waals surface area (Å²) in [6.07, 6.45) is -26.5. The molecule has 33 unspecified atom stereocenters. The number of carboxylic acid groups (broad SMARTS) is 3. The molecule has 776 valence electrons. The summed E-state index contributed by atoms with van der Waals surface area (Å²) in [5, 5.41) is 273. The maximum absolute atomic E-state index is 14.1. The summed E-state index contributed by atoms with van der Waals surface area (Å²) in [5.41, 5.74) is 0. The van der Waals surface area contributed by atoms with Gasteiger partial charge in [-0.05, 0) is 18.8 Å². The number of amides is 4.